The highest BCUT2D eigenvalue weighted by molar-refractivity contribution is 7.81. The zero-order valence-corrected chi connectivity index (χ0v) is 9.80. The molecule has 2 unspecified atom stereocenters. The standard InChI is InChI=1S/C10H19NO2S/c1-3-9(14)10(12)11-5-4-6-13-8(2)7-11/h8-9,14H,3-7H2,1-2H3. The molecule has 0 saturated carbocycles. The average Bonchev–Trinajstić information content (AvgIpc) is 2.40. The van der Waals surface area contributed by atoms with Gasteiger partial charge in [0.25, 0.3) is 0 Å². The second-order valence-corrected chi connectivity index (χ2v) is 4.37. The monoisotopic (exact) mass is 217 g/mol. The molecule has 2 atom stereocenters. The largest absolute Gasteiger partial charge is 0.377 e. The molecule has 0 aromatic heterocycles. The van der Waals surface area contributed by atoms with Crippen molar-refractivity contribution in [1.82, 2.24) is 4.90 Å². The molecule has 1 heterocycles. The number of thiol groups is 1. The normalized spacial score (nSPS) is 25.6. The van der Waals surface area contributed by atoms with Crippen molar-refractivity contribution in [2.45, 2.75) is 38.0 Å². The number of carbonyl (C=O) groups is 1. The van der Waals surface area contributed by atoms with Crippen molar-refractivity contribution < 1.29 is 9.53 Å². The predicted molar refractivity (Wildman–Crippen MR) is 59.7 cm³/mol. The molecule has 0 bridgehead atoms. The molecule has 0 aromatic carbocycles. The van der Waals surface area contributed by atoms with Crippen molar-refractivity contribution in [3.8, 4) is 0 Å². The van der Waals surface area contributed by atoms with Gasteiger partial charge in [-0.05, 0) is 19.8 Å². The van der Waals surface area contributed by atoms with Crippen LogP contribution in [0.4, 0.5) is 0 Å². The molecule has 1 saturated heterocycles. The third-order valence-corrected chi connectivity index (χ3v) is 3.02. The second-order valence-electron chi connectivity index (χ2n) is 3.74. The van der Waals surface area contributed by atoms with Crippen LogP contribution in [-0.4, -0.2) is 41.9 Å². The molecule has 0 spiro atoms. The molecule has 1 fully saturated rings. The van der Waals surface area contributed by atoms with E-state index in [1.807, 2.05) is 18.7 Å². The smallest absolute Gasteiger partial charge is 0.235 e. The van der Waals surface area contributed by atoms with Crippen LogP contribution in [0.1, 0.15) is 26.7 Å². The Morgan fingerprint density at radius 2 is 2.43 bits per heavy atom. The van der Waals surface area contributed by atoms with Gasteiger partial charge in [-0.25, -0.2) is 0 Å². The molecule has 0 aliphatic carbocycles. The van der Waals surface area contributed by atoms with Crippen LogP contribution in [0.25, 0.3) is 0 Å². The second kappa shape index (κ2) is 5.61. The molecule has 82 valence electrons. The molecular weight excluding hydrogens is 198 g/mol. The number of amides is 1. The molecule has 1 amide bonds. The van der Waals surface area contributed by atoms with E-state index in [-0.39, 0.29) is 17.3 Å². The van der Waals surface area contributed by atoms with E-state index in [4.69, 9.17) is 4.74 Å². The van der Waals surface area contributed by atoms with E-state index in [0.29, 0.717) is 6.54 Å². The third kappa shape index (κ3) is 3.17. The zero-order chi connectivity index (χ0) is 10.6. The van der Waals surface area contributed by atoms with Crippen molar-refractivity contribution in [3.05, 3.63) is 0 Å². The third-order valence-electron chi connectivity index (χ3n) is 2.44. The van der Waals surface area contributed by atoms with Crippen molar-refractivity contribution in [2.75, 3.05) is 19.7 Å². The van der Waals surface area contributed by atoms with Crippen molar-refractivity contribution >= 4 is 18.5 Å². The maximum absolute atomic E-state index is 11.8. The highest BCUT2D eigenvalue weighted by Gasteiger charge is 2.23. The van der Waals surface area contributed by atoms with Crippen LogP contribution in [0.2, 0.25) is 0 Å². The molecule has 4 heteroatoms. The number of hydrogen-bond donors (Lipinski definition) is 1. The Balaban J connectivity index is 2.52. The lowest BCUT2D eigenvalue weighted by molar-refractivity contribution is -0.131. The van der Waals surface area contributed by atoms with Crippen molar-refractivity contribution in [2.24, 2.45) is 0 Å². The fraction of sp³-hybridized carbons (Fsp3) is 0.900. The number of carbonyl (C=O) groups excluding carboxylic acids is 1. The van der Waals surface area contributed by atoms with Crippen molar-refractivity contribution in [3.63, 3.8) is 0 Å². The fourth-order valence-electron chi connectivity index (χ4n) is 1.58. The van der Waals surface area contributed by atoms with E-state index in [1.165, 1.54) is 0 Å². The average molecular weight is 217 g/mol. The molecule has 1 aliphatic heterocycles. The summed E-state index contributed by atoms with van der Waals surface area (Å²) in [5.41, 5.74) is 0. The molecular formula is C10H19NO2S. The molecule has 0 radical (unpaired) electrons. The van der Waals surface area contributed by atoms with Crippen LogP contribution in [0, 0.1) is 0 Å². The lowest BCUT2D eigenvalue weighted by Gasteiger charge is -2.24. The Hall–Kier alpha value is -0.220. The van der Waals surface area contributed by atoms with Gasteiger partial charge in [0.2, 0.25) is 5.91 Å². The Kier molecular flexibility index (Phi) is 4.75. The molecule has 1 aliphatic rings. The molecule has 14 heavy (non-hydrogen) atoms. The minimum Gasteiger partial charge on any atom is -0.377 e. The number of nitrogens with zero attached hydrogens (tertiary/aromatic N) is 1. The minimum absolute atomic E-state index is 0.146. The topological polar surface area (TPSA) is 29.5 Å². The molecule has 0 aromatic rings. The van der Waals surface area contributed by atoms with Gasteiger partial charge in [-0.15, -0.1) is 0 Å². The van der Waals surface area contributed by atoms with Crippen LogP contribution < -0.4 is 0 Å². The molecule has 1 rings (SSSR count). The summed E-state index contributed by atoms with van der Waals surface area (Å²) < 4.78 is 5.48. The summed E-state index contributed by atoms with van der Waals surface area (Å²) >= 11 is 4.27. The summed E-state index contributed by atoms with van der Waals surface area (Å²) in [5, 5.41) is -0.153. The van der Waals surface area contributed by atoms with Gasteiger partial charge in [-0.3, -0.25) is 4.79 Å². The summed E-state index contributed by atoms with van der Waals surface area (Å²) in [4.78, 5) is 13.7. The summed E-state index contributed by atoms with van der Waals surface area (Å²) in [6.07, 6.45) is 1.87. The van der Waals surface area contributed by atoms with E-state index in [9.17, 15) is 4.79 Å². The highest BCUT2D eigenvalue weighted by atomic mass is 32.1. The number of ether oxygens (including phenoxy) is 1. The summed E-state index contributed by atoms with van der Waals surface area (Å²) in [6, 6.07) is 0. The number of hydrogen-bond acceptors (Lipinski definition) is 3. The first-order valence-corrected chi connectivity index (χ1v) is 5.75. The van der Waals surface area contributed by atoms with E-state index >= 15 is 0 Å². The molecule has 3 nitrogen and oxygen atoms in total. The first-order valence-electron chi connectivity index (χ1n) is 5.23. The lowest BCUT2D eigenvalue weighted by Crippen LogP contribution is -2.40. The quantitative estimate of drug-likeness (QED) is 0.707. The first-order chi connectivity index (χ1) is 6.65. The van der Waals surface area contributed by atoms with E-state index in [2.05, 4.69) is 12.6 Å². The van der Waals surface area contributed by atoms with Gasteiger partial charge in [0.05, 0.1) is 11.4 Å². The summed E-state index contributed by atoms with van der Waals surface area (Å²) in [6.45, 7) is 6.25. The SMILES string of the molecule is CCC(S)C(=O)N1CCCOC(C)C1. The minimum atomic E-state index is -0.153. The van der Waals surface area contributed by atoms with Gasteiger partial charge in [0.15, 0.2) is 0 Å². The van der Waals surface area contributed by atoms with Gasteiger partial charge in [-0.1, -0.05) is 6.92 Å². The lowest BCUT2D eigenvalue weighted by atomic mass is 10.2. The van der Waals surface area contributed by atoms with Gasteiger partial charge in [-0.2, -0.15) is 12.6 Å². The summed E-state index contributed by atoms with van der Waals surface area (Å²) in [7, 11) is 0. The van der Waals surface area contributed by atoms with Crippen LogP contribution in [-0.2, 0) is 9.53 Å². The van der Waals surface area contributed by atoms with Crippen LogP contribution in [0.3, 0.4) is 0 Å². The van der Waals surface area contributed by atoms with Crippen LogP contribution in [0.15, 0.2) is 0 Å². The summed E-state index contributed by atoms with van der Waals surface area (Å²) in [5.74, 6) is 0.146. The van der Waals surface area contributed by atoms with Gasteiger partial charge < -0.3 is 9.64 Å². The fourth-order valence-corrected chi connectivity index (χ4v) is 1.74. The Bertz CT molecular complexity index is 199. The maximum atomic E-state index is 11.8. The maximum Gasteiger partial charge on any atom is 0.235 e. The van der Waals surface area contributed by atoms with Crippen molar-refractivity contribution in [1.29, 1.82) is 0 Å². The predicted octanol–water partition coefficient (Wildman–Crippen LogP) is 1.33. The Morgan fingerprint density at radius 3 is 3.07 bits per heavy atom. The van der Waals surface area contributed by atoms with Gasteiger partial charge >= 0.3 is 0 Å². The Labute approximate surface area is 91.2 Å². The first kappa shape index (κ1) is 11.9. The van der Waals surface area contributed by atoms with Crippen LogP contribution >= 0.6 is 12.6 Å². The van der Waals surface area contributed by atoms with Crippen LogP contribution in [0.5, 0.6) is 0 Å². The van der Waals surface area contributed by atoms with E-state index in [0.717, 1.165) is 26.0 Å². The highest BCUT2D eigenvalue weighted by Crippen LogP contribution is 2.11. The van der Waals surface area contributed by atoms with E-state index < -0.39 is 0 Å². The van der Waals surface area contributed by atoms with Gasteiger partial charge in [0, 0.05) is 19.7 Å². The molecule has 0 N–H and O–H groups in total. The Morgan fingerprint density at radius 1 is 1.71 bits per heavy atom. The van der Waals surface area contributed by atoms with E-state index in [1.54, 1.807) is 0 Å². The van der Waals surface area contributed by atoms with Gasteiger partial charge in [0.1, 0.15) is 0 Å². The number of rotatable bonds is 2. The zero-order valence-electron chi connectivity index (χ0n) is 8.90.